The number of amides is 3. The minimum absolute atomic E-state index is 0.0350. The van der Waals surface area contributed by atoms with Gasteiger partial charge >= 0.3 is 6.03 Å². The lowest BCUT2D eigenvalue weighted by molar-refractivity contribution is 0.00234. The van der Waals surface area contributed by atoms with Crippen LogP contribution in [-0.4, -0.2) is 101 Å². The van der Waals surface area contributed by atoms with Crippen LogP contribution in [0.4, 0.5) is 22.0 Å². The number of aryl methyl sites for hydroxylation is 2. The third-order valence-electron chi connectivity index (χ3n) is 8.12. The summed E-state index contributed by atoms with van der Waals surface area (Å²) in [5, 5.41) is 19.7. The molecule has 2 aliphatic heterocycles. The molecule has 2 aliphatic rings. The first kappa shape index (κ1) is 32.4. The summed E-state index contributed by atoms with van der Waals surface area (Å²) in [5.41, 5.74) is 4.92. The zero-order valence-corrected chi connectivity index (χ0v) is 27.0. The topological polar surface area (TPSA) is 124 Å². The Morgan fingerprint density at radius 2 is 1.98 bits per heavy atom. The second-order valence-electron chi connectivity index (χ2n) is 11.4. The van der Waals surface area contributed by atoms with Gasteiger partial charge in [0.25, 0.3) is 5.91 Å². The van der Waals surface area contributed by atoms with Gasteiger partial charge in [0, 0.05) is 51.8 Å². The minimum Gasteiger partial charge on any atom is -0.394 e. The smallest absolute Gasteiger partial charge is 0.318 e. The number of likely N-dealkylation sites (N-methyl/N-ethyl adjacent to an activating group) is 1. The second-order valence-corrected chi connectivity index (χ2v) is 11.9. The van der Waals surface area contributed by atoms with Crippen molar-refractivity contribution in [3.05, 3.63) is 70.9 Å². The van der Waals surface area contributed by atoms with Crippen molar-refractivity contribution in [2.24, 2.45) is 7.05 Å². The highest BCUT2D eigenvalue weighted by Gasteiger charge is 2.39. The SMILES string of the molecule is Cc1cc(C(=O)N2Cc3cnn(C)c3Nc3ccccc32)ccc1CNC(=O)N1C[C@H](OCCOCCO)C[C@H]1C(=S)N(C)C. The lowest BCUT2D eigenvalue weighted by Gasteiger charge is -2.28. The molecule has 2 atom stereocenters. The zero-order valence-electron chi connectivity index (χ0n) is 26.2. The molecule has 0 spiro atoms. The monoisotopic (exact) mass is 635 g/mol. The average molecular weight is 636 g/mol. The van der Waals surface area contributed by atoms with Crippen LogP contribution in [0.5, 0.6) is 0 Å². The number of anilines is 3. The van der Waals surface area contributed by atoms with Crippen LogP contribution in [0.3, 0.4) is 0 Å². The summed E-state index contributed by atoms with van der Waals surface area (Å²) < 4.78 is 13.0. The number of aromatic nitrogens is 2. The molecule has 1 aromatic heterocycles. The number of para-hydroxylation sites is 2. The maximum atomic E-state index is 13.9. The van der Waals surface area contributed by atoms with Gasteiger partial charge in [0.05, 0.1) is 62.7 Å². The molecule has 240 valence electrons. The van der Waals surface area contributed by atoms with Crippen LogP contribution in [0.15, 0.2) is 48.7 Å². The first-order valence-corrected chi connectivity index (χ1v) is 15.4. The number of aliphatic hydroxyl groups excluding tert-OH is 1. The lowest BCUT2D eigenvalue weighted by Crippen LogP contribution is -2.48. The Kier molecular flexibility index (Phi) is 10.3. The van der Waals surface area contributed by atoms with Gasteiger partial charge in [0.2, 0.25) is 0 Å². The zero-order chi connectivity index (χ0) is 32.1. The third kappa shape index (κ3) is 7.28. The van der Waals surface area contributed by atoms with Gasteiger partial charge in [-0.25, -0.2) is 4.79 Å². The van der Waals surface area contributed by atoms with Gasteiger partial charge in [0.1, 0.15) is 10.8 Å². The number of aliphatic hydroxyl groups is 1. The molecule has 0 saturated carbocycles. The van der Waals surface area contributed by atoms with Crippen molar-refractivity contribution in [3.63, 3.8) is 0 Å². The molecule has 3 amide bonds. The molecule has 0 radical (unpaired) electrons. The number of nitrogens with zero attached hydrogens (tertiary/aromatic N) is 5. The Morgan fingerprint density at radius 3 is 2.73 bits per heavy atom. The summed E-state index contributed by atoms with van der Waals surface area (Å²) in [6.45, 7) is 4.00. The van der Waals surface area contributed by atoms with Crippen LogP contribution < -0.4 is 15.5 Å². The van der Waals surface area contributed by atoms with E-state index in [1.807, 2.05) is 75.4 Å². The number of fused-ring (bicyclic) bond motifs is 2. The summed E-state index contributed by atoms with van der Waals surface area (Å²) in [4.78, 5) is 33.3. The molecule has 1 fully saturated rings. The molecule has 0 bridgehead atoms. The van der Waals surface area contributed by atoms with Crippen molar-refractivity contribution in [1.82, 2.24) is 24.9 Å². The fourth-order valence-corrected chi connectivity index (χ4v) is 5.93. The Hall–Kier alpha value is -4.04. The van der Waals surface area contributed by atoms with E-state index in [4.69, 9.17) is 26.8 Å². The van der Waals surface area contributed by atoms with Gasteiger partial charge in [-0.05, 0) is 42.3 Å². The van der Waals surface area contributed by atoms with Crippen LogP contribution in [-0.2, 0) is 29.6 Å². The van der Waals surface area contributed by atoms with E-state index in [-0.39, 0.29) is 37.3 Å². The molecule has 0 aliphatic carbocycles. The highest BCUT2D eigenvalue weighted by molar-refractivity contribution is 7.80. The van der Waals surface area contributed by atoms with Crippen LogP contribution in [0.2, 0.25) is 0 Å². The molecule has 2 aromatic carbocycles. The third-order valence-corrected chi connectivity index (χ3v) is 8.76. The van der Waals surface area contributed by atoms with E-state index in [9.17, 15) is 9.59 Å². The lowest BCUT2D eigenvalue weighted by atomic mass is 10.0. The van der Waals surface area contributed by atoms with E-state index in [2.05, 4.69) is 15.7 Å². The Labute approximate surface area is 268 Å². The number of nitrogens with one attached hydrogen (secondary N) is 2. The Balaban J connectivity index is 1.25. The van der Waals surface area contributed by atoms with E-state index in [1.54, 1.807) is 20.7 Å². The van der Waals surface area contributed by atoms with Gasteiger partial charge in [0.15, 0.2) is 0 Å². The molecular formula is C32H41N7O5S. The average Bonchev–Trinajstić information content (AvgIpc) is 3.56. The Bertz CT molecular complexity index is 1540. The van der Waals surface area contributed by atoms with Gasteiger partial charge in [-0.3, -0.25) is 9.48 Å². The number of carbonyl (C=O) groups is 2. The number of hydrogen-bond acceptors (Lipinski definition) is 8. The summed E-state index contributed by atoms with van der Waals surface area (Å²) in [6.07, 6.45) is 2.20. The quantitative estimate of drug-likeness (QED) is 0.228. The number of urea groups is 1. The fraction of sp³-hybridized carbons (Fsp3) is 0.438. The predicted molar refractivity (Wildman–Crippen MR) is 176 cm³/mol. The summed E-state index contributed by atoms with van der Waals surface area (Å²) in [7, 11) is 5.62. The van der Waals surface area contributed by atoms with Gasteiger partial charge in [-0.15, -0.1) is 0 Å². The van der Waals surface area contributed by atoms with Crippen LogP contribution in [0.1, 0.15) is 33.5 Å². The van der Waals surface area contributed by atoms with E-state index in [0.717, 1.165) is 33.9 Å². The number of carbonyl (C=O) groups excluding carboxylic acids is 2. The number of benzene rings is 2. The normalized spacial score (nSPS) is 17.3. The molecule has 1 saturated heterocycles. The van der Waals surface area contributed by atoms with Crippen molar-refractivity contribution in [3.8, 4) is 0 Å². The van der Waals surface area contributed by atoms with Gasteiger partial charge in [-0.1, -0.05) is 30.4 Å². The van der Waals surface area contributed by atoms with Crippen LogP contribution in [0, 0.1) is 6.92 Å². The number of thiocarbonyl (C=S) groups is 1. The molecule has 45 heavy (non-hydrogen) atoms. The Morgan fingerprint density at radius 1 is 1.18 bits per heavy atom. The predicted octanol–water partition coefficient (Wildman–Crippen LogP) is 3.20. The second kappa shape index (κ2) is 14.4. The fourth-order valence-electron chi connectivity index (χ4n) is 5.71. The van der Waals surface area contributed by atoms with E-state index in [1.165, 1.54) is 0 Å². The highest BCUT2D eigenvalue weighted by atomic mass is 32.1. The summed E-state index contributed by atoms with van der Waals surface area (Å²) in [5.74, 6) is 0.737. The molecule has 0 unspecified atom stereocenters. The molecule has 5 rings (SSSR count). The van der Waals surface area contributed by atoms with Crippen molar-refractivity contribution < 1.29 is 24.2 Å². The van der Waals surface area contributed by atoms with Crippen molar-refractivity contribution >= 4 is 46.3 Å². The maximum absolute atomic E-state index is 13.9. The summed E-state index contributed by atoms with van der Waals surface area (Å²) in [6, 6.07) is 12.8. The molecule has 3 N–H and O–H groups in total. The standard InChI is InChI=1S/C32H41N7O5S/c1-21-15-22(30(41)38-19-24-18-34-37(4)29(24)35-26-7-5-6-8-27(26)38)9-10-23(21)17-33-32(42)39-20-25(44-14-13-43-12-11-40)16-28(39)31(45)36(2)3/h5-10,15,18,25,28,35,40H,11-14,16-17,19-20H2,1-4H3,(H,33,42)/t25-,28+/m1/s1. The van der Waals surface area contributed by atoms with Gasteiger partial charge < -0.3 is 39.9 Å². The van der Waals surface area contributed by atoms with Crippen molar-refractivity contribution in [1.29, 1.82) is 0 Å². The number of ether oxygens (including phenoxy) is 2. The highest BCUT2D eigenvalue weighted by Crippen LogP contribution is 2.36. The molecule has 12 nitrogen and oxygen atoms in total. The molecular weight excluding hydrogens is 594 g/mol. The first-order valence-electron chi connectivity index (χ1n) is 15.0. The number of rotatable bonds is 10. The van der Waals surface area contributed by atoms with Crippen molar-refractivity contribution in [2.45, 2.75) is 38.6 Å². The first-order chi connectivity index (χ1) is 21.7. The molecule has 13 heteroatoms. The van der Waals surface area contributed by atoms with E-state index >= 15 is 0 Å². The molecule has 3 heterocycles. The largest absolute Gasteiger partial charge is 0.394 e. The summed E-state index contributed by atoms with van der Waals surface area (Å²) >= 11 is 5.66. The van der Waals surface area contributed by atoms with E-state index in [0.29, 0.717) is 49.8 Å². The molecule has 3 aromatic rings. The number of likely N-dealkylation sites (tertiary alicyclic amines) is 1. The number of hydrogen-bond donors (Lipinski definition) is 3. The van der Waals surface area contributed by atoms with Crippen LogP contribution >= 0.6 is 12.2 Å². The van der Waals surface area contributed by atoms with E-state index < -0.39 is 0 Å². The minimum atomic E-state index is -0.272. The van der Waals surface area contributed by atoms with Gasteiger partial charge in [-0.2, -0.15) is 5.10 Å². The van der Waals surface area contributed by atoms with Crippen LogP contribution in [0.25, 0.3) is 0 Å². The van der Waals surface area contributed by atoms with Crippen molar-refractivity contribution in [2.75, 3.05) is 57.3 Å². The maximum Gasteiger partial charge on any atom is 0.318 e.